The van der Waals surface area contributed by atoms with E-state index in [4.69, 9.17) is 5.11 Å². The Kier molecular flexibility index (Phi) is 3.17. The Balaban J connectivity index is 2.01. The van der Waals surface area contributed by atoms with Gasteiger partial charge in [-0.1, -0.05) is 0 Å². The van der Waals surface area contributed by atoms with Gasteiger partial charge in [-0.3, -0.25) is 0 Å². The zero-order valence-corrected chi connectivity index (χ0v) is 9.09. The second-order valence-corrected chi connectivity index (χ2v) is 5.53. The molecule has 0 spiro atoms. The van der Waals surface area contributed by atoms with Gasteiger partial charge in [-0.15, -0.1) is 0 Å². The SMILES string of the molecule is CN1CC2CSCC(C1)C2CCO. The standard InChI is InChI=1S/C10H19NOS/c1-11-4-8-6-13-7-9(5-11)10(8)2-3-12/h8-10,12H,2-7H2,1H3. The first kappa shape index (κ1) is 9.81. The maximum Gasteiger partial charge on any atom is 0.0433 e. The van der Waals surface area contributed by atoms with E-state index in [2.05, 4.69) is 23.7 Å². The van der Waals surface area contributed by atoms with Crippen LogP contribution in [0.4, 0.5) is 0 Å². The smallest absolute Gasteiger partial charge is 0.0433 e. The molecule has 2 fully saturated rings. The molecule has 2 bridgehead atoms. The van der Waals surface area contributed by atoms with Gasteiger partial charge in [0.15, 0.2) is 0 Å². The highest BCUT2D eigenvalue weighted by Crippen LogP contribution is 2.39. The zero-order valence-electron chi connectivity index (χ0n) is 8.28. The van der Waals surface area contributed by atoms with Crippen LogP contribution in [0.15, 0.2) is 0 Å². The molecule has 1 N–H and O–H groups in total. The van der Waals surface area contributed by atoms with Crippen molar-refractivity contribution in [2.45, 2.75) is 6.42 Å². The predicted octanol–water partition coefficient (Wildman–Crippen LogP) is 0.910. The Morgan fingerprint density at radius 2 is 1.92 bits per heavy atom. The van der Waals surface area contributed by atoms with E-state index >= 15 is 0 Å². The molecular weight excluding hydrogens is 182 g/mol. The van der Waals surface area contributed by atoms with Crippen LogP contribution in [-0.4, -0.2) is 48.3 Å². The van der Waals surface area contributed by atoms with E-state index in [1.165, 1.54) is 24.6 Å². The first-order valence-corrected chi connectivity index (χ1v) is 6.34. The molecular formula is C10H19NOS. The fraction of sp³-hybridized carbons (Fsp3) is 1.00. The summed E-state index contributed by atoms with van der Waals surface area (Å²) in [6.45, 7) is 2.87. The van der Waals surface area contributed by atoms with E-state index in [0.29, 0.717) is 6.61 Å². The minimum Gasteiger partial charge on any atom is -0.396 e. The van der Waals surface area contributed by atoms with Gasteiger partial charge in [-0.05, 0) is 42.7 Å². The van der Waals surface area contributed by atoms with Gasteiger partial charge >= 0.3 is 0 Å². The van der Waals surface area contributed by atoms with E-state index in [9.17, 15) is 0 Å². The van der Waals surface area contributed by atoms with Crippen LogP contribution in [-0.2, 0) is 0 Å². The zero-order chi connectivity index (χ0) is 9.26. The van der Waals surface area contributed by atoms with Crippen LogP contribution >= 0.6 is 11.8 Å². The topological polar surface area (TPSA) is 23.5 Å². The molecule has 2 nitrogen and oxygen atoms in total. The van der Waals surface area contributed by atoms with Crippen molar-refractivity contribution in [3.8, 4) is 0 Å². The van der Waals surface area contributed by atoms with Crippen molar-refractivity contribution in [2.75, 3.05) is 38.2 Å². The number of hydrogen-bond donors (Lipinski definition) is 1. The number of aliphatic hydroxyl groups is 1. The molecule has 0 saturated carbocycles. The normalized spacial score (nSPS) is 40.6. The third kappa shape index (κ3) is 2.03. The fourth-order valence-electron chi connectivity index (χ4n) is 2.87. The van der Waals surface area contributed by atoms with Crippen LogP contribution in [0, 0.1) is 17.8 Å². The van der Waals surface area contributed by atoms with Gasteiger partial charge < -0.3 is 10.0 Å². The lowest BCUT2D eigenvalue weighted by atomic mass is 9.77. The third-order valence-electron chi connectivity index (χ3n) is 3.43. The molecule has 13 heavy (non-hydrogen) atoms. The second kappa shape index (κ2) is 4.20. The average Bonchev–Trinajstić information content (AvgIpc) is 2.07. The molecule has 2 atom stereocenters. The summed E-state index contributed by atoms with van der Waals surface area (Å²) in [6, 6.07) is 0. The van der Waals surface area contributed by atoms with Crippen LogP contribution < -0.4 is 0 Å². The molecule has 76 valence electrons. The van der Waals surface area contributed by atoms with Crippen molar-refractivity contribution in [1.29, 1.82) is 0 Å². The number of hydrogen-bond acceptors (Lipinski definition) is 3. The van der Waals surface area contributed by atoms with Crippen LogP contribution in [0.25, 0.3) is 0 Å². The lowest BCUT2D eigenvalue weighted by Gasteiger charge is -2.46. The van der Waals surface area contributed by atoms with Gasteiger partial charge in [-0.25, -0.2) is 0 Å². The van der Waals surface area contributed by atoms with Gasteiger partial charge in [0.2, 0.25) is 0 Å². The van der Waals surface area contributed by atoms with Gasteiger partial charge in [0.1, 0.15) is 0 Å². The largest absolute Gasteiger partial charge is 0.396 e. The minimum absolute atomic E-state index is 0.381. The first-order valence-electron chi connectivity index (χ1n) is 5.18. The lowest BCUT2D eigenvalue weighted by molar-refractivity contribution is 0.0770. The lowest BCUT2D eigenvalue weighted by Crippen LogP contribution is -2.49. The Bertz CT molecular complexity index is 162. The van der Waals surface area contributed by atoms with Gasteiger partial charge in [-0.2, -0.15) is 11.8 Å². The molecule has 0 aromatic rings. The van der Waals surface area contributed by atoms with Gasteiger partial charge in [0.05, 0.1) is 0 Å². The molecule has 2 saturated heterocycles. The molecule has 3 heteroatoms. The first-order chi connectivity index (χ1) is 6.31. The summed E-state index contributed by atoms with van der Waals surface area (Å²) in [6.07, 6.45) is 1.03. The van der Waals surface area contributed by atoms with E-state index in [1.54, 1.807) is 0 Å². The molecule has 0 aromatic carbocycles. The quantitative estimate of drug-likeness (QED) is 0.718. The van der Waals surface area contributed by atoms with Crippen LogP contribution in [0.2, 0.25) is 0 Å². The number of thioether (sulfide) groups is 1. The molecule has 0 aliphatic carbocycles. The highest BCUT2D eigenvalue weighted by Gasteiger charge is 2.37. The molecule has 2 aliphatic heterocycles. The molecule has 2 unspecified atom stereocenters. The van der Waals surface area contributed by atoms with E-state index in [0.717, 1.165) is 24.2 Å². The predicted molar refractivity (Wildman–Crippen MR) is 57.0 cm³/mol. The van der Waals surface area contributed by atoms with Gasteiger partial charge in [0.25, 0.3) is 0 Å². The van der Waals surface area contributed by atoms with Gasteiger partial charge in [0, 0.05) is 19.7 Å². The molecule has 0 aromatic heterocycles. The Hall–Kier alpha value is 0.270. The van der Waals surface area contributed by atoms with Crippen molar-refractivity contribution < 1.29 is 5.11 Å². The average molecular weight is 201 g/mol. The van der Waals surface area contributed by atoms with E-state index < -0.39 is 0 Å². The molecule has 2 heterocycles. The fourth-order valence-corrected chi connectivity index (χ4v) is 4.32. The second-order valence-electron chi connectivity index (χ2n) is 4.45. The summed E-state index contributed by atoms with van der Waals surface area (Å²) in [5, 5.41) is 9.02. The maximum absolute atomic E-state index is 9.02. The van der Waals surface area contributed by atoms with E-state index in [1.807, 2.05) is 0 Å². The maximum atomic E-state index is 9.02. The number of nitrogens with zero attached hydrogens (tertiary/aromatic N) is 1. The van der Waals surface area contributed by atoms with Crippen LogP contribution in [0.3, 0.4) is 0 Å². The summed E-state index contributed by atoms with van der Waals surface area (Å²) in [4.78, 5) is 2.46. The third-order valence-corrected chi connectivity index (χ3v) is 4.76. The molecule has 0 radical (unpaired) electrons. The highest BCUT2D eigenvalue weighted by molar-refractivity contribution is 7.99. The molecule has 2 aliphatic rings. The molecule has 2 rings (SSSR count). The van der Waals surface area contributed by atoms with Crippen molar-refractivity contribution in [3.63, 3.8) is 0 Å². The summed E-state index contributed by atoms with van der Waals surface area (Å²) in [7, 11) is 2.23. The van der Waals surface area contributed by atoms with Crippen molar-refractivity contribution in [1.82, 2.24) is 4.90 Å². The number of likely N-dealkylation sites (tertiary alicyclic amines) is 1. The highest BCUT2D eigenvalue weighted by atomic mass is 32.2. The van der Waals surface area contributed by atoms with Crippen LogP contribution in [0.5, 0.6) is 0 Å². The van der Waals surface area contributed by atoms with Crippen molar-refractivity contribution in [3.05, 3.63) is 0 Å². The summed E-state index contributed by atoms with van der Waals surface area (Å²) in [5.41, 5.74) is 0. The number of rotatable bonds is 2. The van der Waals surface area contributed by atoms with Crippen LogP contribution in [0.1, 0.15) is 6.42 Å². The number of piperidine rings is 1. The summed E-state index contributed by atoms with van der Waals surface area (Å²) >= 11 is 2.11. The van der Waals surface area contributed by atoms with Crippen molar-refractivity contribution >= 4 is 11.8 Å². The Morgan fingerprint density at radius 3 is 2.46 bits per heavy atom. The molecule has 0 amide bonds. The Morgan fingerprint density at radius 1 is 1.31 bits per heavy atom. The number of fused-ring (bicyclic) bond motifs is 2. The summed E-state index contributed by atoms with van der Waals surface area (Å²) in [5.74, 6) is 5.11. The Labute approximate surface area is 84.7 Å². The van der Waals surface area contributed by atoms with Crippen molar-refractivity contribution in [2.24, 2.45) is 17.8 Å². The monoisotopic (exact) mass is 201 g/mol. The van der Waals surface area contributed by atoms with E-state index in [-0.39, 0.29) is 0 Å². The summed E-state index contributed by atoms with van der Waals surface area (Å²) < 4.78 is 0. The number of aliphatic hydroxyl groups excluding tert-OH is 1. The minimum atomic E-state index is 0.381.